The van der Waals surface area contributed by atoms with Crippen LogP contribution in [0.5, 0.6) is 0 Å². The van der Waals surface area contributed by atoms with Crippen molar-refractivity contribution >= 4 is 22.0 Å². The Morgan fingerprint density at radius 1 is 1.24 bits per heavy atom. The molecule has 0 fully saturated rings. The van der Waals surface area contributed by atoms with Gasteiger partial charge < -0.3 is 0 Å². The first-order valence-corrected chi connectivity index (χ1v) is 6.01. The molecule has 0 radical (unpaired) electrons. The van der Waals surface area contributed by atoms with Crippen LogP contribution in [0.4, 0.5) is 5.69 Å². The molecule has 2 heterocycles. The second kappa shape index (κ2) is 3.72. The van der Waals surface area contributed by atoms with Crippen LogP contribution >= 0.6 is 11.3 Å². The third kappa shape index (κ3) is 1.71. The highest BCUT2D eigenvalue weighted by molar-refractivity contribution is 7.17. The van der Waals surface area contributed by atoms with Crippen LogP contribution in [-0.2, 0) is 0 Å². The average molecular weight is 239 g/mol. The van der Waals surface area contributed by atoms with Crippen molar-refractivity contribution in [2.45, 2.75) is 6.92 Å². The van der Waals surface area contributed by atoms with E-state index in [0.29, 0.717) is 5.69 Å². The molecule has 0 spiro atoms. The van der Waals surface area contributed by atoms with E-state index in [9.17, 15) is 0 Å². The fraction of sp³-hybridized carbons (Fsp3) is 0.0769. The lowest BCUT2D eigenvalue weighted by atomic mass is 10.1. The number of aryl methyl sites for hydroxylation is 1. The summed E-state index contributed by atoms with van der Waals surface area (Å²) < 4.78 is 2.04. The van der Waals surface area contributed by atoms with Gasteiger partial charge in [-0.25, -0.2) is 9.83 Å². The molecule has 0 aliphatic heterocycles. The molecule has 0 saturated carbocycles. The summed E-state index contributed by atoms with van der Waals surface area (Å²) in [6, 6.07) is 7.52. The number of fused-ring (bicyclic) bond motifs is 1. The van der Waals surface area contributed by atoms with E-state index in [-0.39, 0.29) is 0 Å². The topological polar surface area (TPSA) is 21.7 Å². The number of thiazole rings is 1. The number of rotatable bonds is 1. The predicted octanol–water partition coefficient (Wildman–Crippen LogP) is 3.92. The normalized spacial score (nSPS) is 10.6. The van der Waals surface area contributed by atoms with Crippen molar-refractivity contribution in [1.82, 2.24) is 9.38 Å². The lowest BCUT2D eigenvalue weighted by Crippen LogP contribution is -1.75. The molecule has 0 atom stereocenters. The number of imidazole rings is 1. The van der Waals surface area contributed by atoms with Gasteiger partial charge in [0.15, 0.2) is 10.6 Å². The third-order valence-electron chi connectivity index (χ3n) is 2.56. The van der Waals surface area contributed by atoms with Gasteiger partial charge in [0, 0.05) is 17.3 Å². The van der Waals surface area contributed by atoms with E-state index in [1.807, 2.05) is 34.9 Å². The van der Waals surface area contributed by atoms with Crippen LogP contribution in [0.25, 0.3) is 21.1 Å². The number of nitrogens with zero attached hydrogens (tertiary/aromatic N) is 3. The standard InChI is InChI=1S/C13H9N3S/c1-9-7-16-8-12(15-13(16)17-9)10-3-5-11(14-2)6-4-10/h3-8H,1H3. The third-order valence-corrected chi connectivity index (χ3v) is 3.48. The summed E-state index contributed by atoms with van der Waals surface area (Å²) in [5.74, 6) is 0. The van der Waals surface area contributed by atoms with Crippen LogP contribution in [0.1, 0.15) is 4.88 Å². The van der Waals surface area contributed by atoms with Crippen LogP contribution in [-0.4, -0.2) is 9.38 Å². The predicted molar refractivity (Wildman–Crippen MR) is 69.5 cm³/mol. The van der Waals surface area contributed by atoms with Crippen molar-refractivity contribution in [3.8, 4) is 11.3 Å². The fourth-order valence-electron chi connectivity index (χ4n) is 1.76. The van der Waals surface area contributed by atoms with E-state index in [4.69, 9.17) is 6.57 Å². The van der Waals surface area contributed by atoms with Crippen LogP contribution in [0, 0.1) is 13.5 Å². The summed E-state index contributed by atoms with van der Waals surface area (Å²) in [6.07, 6.45) is 4.09. The minimum atomic E-state index is 0.658. The second-order valence-electron chi connectivity index (χ2n) is 3.82. The van der Waals surface area contributed by atoms with Crippen molar-refractivity contribution in [2.75, 3.05) is 0 Å². The second-order valence-corrected chi connectivity index (χ2v) is 5.03. The van der Waals surface area contributed by atoms with Gasteiger partial charge in [-0.3, -0.25) is 4.40 Å². The molecule has 3 aromatic rings. The molecule has 0 aliphatic carbocycles. The minimum absolute atomic E-state index is 0.658. The van der Waals surface area contributed by atoms with Gasteiger partial charge in [-0.05, 0) is 12.5 Å². The number of hydrogen-bond acceptors (Lipinski definition) is 2. The monoisotopic (exact) mass is 239 g/mol. The molecule has 1 aromatic carbocycles. The first kappa shape index (κ1) is 10.1. The van der Waals surface area contributed by atoms with Crippen molar-refractivity contribution in [1.29, 1.82) is 0 Å². The van der Waals surface area contributed by atoms with Gasteiger partial charge in [0.2, 0.25) is 0 Å². The number of aromatic nitrogens is 2. The van der Waals surface area contributed by atoms with Crippen LogP contribution < -0.4 is 0 Å². The Hall–Kier alpha value is -2.12. The smallest absolute Gasteiger partial charge is 0.194 e. The van der Waals surface area contributed by atoms with Gasteiger partial charge in [0.1, 0.15) is 0 Å². The molecule has 17 heavy (non-hydrogen) atoms. The zero-order valence-corrected chi connectivity index (χ0v) is 10.0. The summed E-state index contributed by atoms with van der Waals surface area (Å²) in [5, 5.41) is 0. The van der Waals surface area contributed by atoms with E-state index in [0.717, 1.165) is 16.2 Å². The van der Waals surface area contributed by atoms with Crippen molar-refractivity contribution < 1.29 is 0 Å². The molecule has 3 nitrogen and oxygen atoms in total. The minimum Gasteiger partial charge on any atom is -0.297 e. The maximum Gasteiger partial charge on any atom is 0.194 e. The highest BCUT2D eigenvalue weighted by Gasteiger charge is 2.06. The van der Waals surface area contributed by atoms with Gasteiger partial charge in [0.05, 0.1) is 12.3 Å². The van der Waals surface area contributed by atoms with E-state index in [1.54, 1.807) is 11.3 Å². The van der Waals surface area contributed by atoms with Crippen molar-refractivity contribution in [3.05, 3.63) is 53.0 Å². The molecule has 0 N–H and O–H groups in total. The molecule has 3 rings (SSSR count). The maximum absolute atomic E-state index is 6.91. The number of benzene rings is 1. The summed E-state index contributed by atoms with van der Waals surface area (Å²) in [6.45, 7) is 8.99. The van der Waals surface area contributed by atoms with Gasteiger partial charge in [-0.15, -0.1) is 11.3 Å². The van der Waals surface area contributed by atoms with E-state index < -0.39 is 0 Å². The molecular formula is C13H9N3S. The van der Waals surface area contributed by atoms with Gasteiger partial charge in [0.25, 0.3) is 0 Å². The Morgan fingerprint density at radius 2 is 2.00 bits per heavy atom. The molecular weight excluding hydrogens is 230 g/mol. The van der Waals surface area contributed by atoms with Crippen LogP contribution in [0.3, 0.4) is 0 Å². The molecule has 0 aliphatic rings. The lowest BCUT2D eigenvalue weighted by Gasteiger charge is -1.95. The Balaban J connectivity index is 2.07. The van der Waals surface area contributed by atoms with Crippen molar-refractivity contribution in [3.63, 3.8) is 0 Å². The fourth-order valence-corrected chi connectivity index (χ4v) is 2.57. The van der Waals surface area contributed by atoms with E-state index in [1.165, 1.54) is 4.88 Å². The Labute approximate surface area is 103 Å². The zero-order valence-electron chi connectivity index (χ0n) is 9.21. The molecule has 0 bridgehead atoms. The molecule has 0 saturated heterocycles. The lowest BCUT2D eigenvalue weighted by molar-refractivity contribution is 1.22. The largest absolute Gasteiger partial charge is 0.297 e. The molecule has 82 valence electrons. The average Bonchev–Trinajstić information content (AvgIpc) is 2.86. The maximum atomic E-state index is 6.91. The Kier molecular flexibility index (Phi) is 2.20. The van der Waals surface area contributed by atoms with E-state index in [2.05, 4.69) is 22.9 Å². The Bertz CT molecular complexity index is 682. The van der Waals surface area contributed by atoms with Gasteiger partial charge in [-0.2, -0.15) is 0 Å². The number of hydrogen-bond donors (Lipinski definition) is 0. The first-order chi connectivity index (χ1) is 8.26. The summed E-state index contributed by atoms with van der Waals surface area (Å²) in [7, 11) is 0. The SMILES string of the molecule is [C-]#[N+]c1ccc(-c2cn3cc(C)sc3n2)cc1. The summed E-state index contributed by atoms with van der Waals surface area (Å²) in [4.78, 5) is 10.2. The quantitative estimate of drug-likeness (QED) is 0.590. The summed E-state index contributed by atoms with van der Waals surface area (Å²) in [5.41, 5.74) is 2.66. The molecule has 2 aromatic heterocycles. The van der Waals surface area contributed by atoms with Gasteiger partial charge >= 0.3 is 0 Å². The van der Waals surface area contributed by atoms with Crippen molar-refractivity contribution in [2.24, 2.45) is 0 Å². The zero-order chi connectivity index (χ0) is 11.8. The Morgan fingerprint density at radius 3 is 2.65 bits per heavy atom. The van der Waals surface area contributed by atoms with Crippen LogP contribution in [0.15, 0.2) is 36.7 Å². The molecule has 0 amide bonds. The molecule has 4 heteroatoms. The highest BCUT2D eigenvalue weighted by Crippen LogP contribution is 2.25. The summed E-state index contributed by atoms with van der Waals surface area (Å²) >= 11 is 1.68. The first-order valence-electron chi connectivity index (χ1n) is 5.19. The molecule has 0 unspecified atom stereocenters. The highest BCUT2D eigenvalue weighted by atomic mass is 32.1. The van der Waals surface area contributed by atoms with Gasteiger partial charge in [-0.1, -0.05) is 24.3 Å². The van der Waals surface area contributed by atoms with Crippen LogP contribution in [0.2, 0.25) is 0 Å². The van der Waals surface area contributed by atoms with E-state index >= 15 is 0 Å².